The van der Waals surface area contributed by atoms with Crippen molar-refractivity contribution in [1.82, 2.24) is 4.90 Å². The Morgan fingerprint density at radius 2 is 1.94 bits per heavy atom. The normalized spacial score (nSPS) is 30.4. The molecule has 1 aliphatic heterocycles. The molecule has 1 fully saturated rings. The molecule has 16 heavy (non-hydrogen) atoms. The zero-order valence-corrected chi connectivity index (χ0v) is 11.4. The van der Waals surface area contributed by atoms with Crippen LogP contribution in [0.4, 0.5) is 4.79 Å². The molecule has 0 aromatic rings. The molecule has 1 aliphatic rings. The lowest BCUT2D eigenvalue weighted by molar-refractivity contribution is -0.00207. The number of nitrogens with zero attached hydrogens (tertiary/aromatic N) is 1. The third-order valence-electron chi connectivity index (χ3n) is 3.71. The Hall–Kier alpha value is -0.730. The monoisotopic (exact) mass is 227 g/mol. The maximum absolute atomic E-state index is 11.9. The molecule has 0 bridgehead atoms. The van der Waals surface area contributed by atoms with Crippen molar-refractivity contribution >= 4 is 6.09 Å². The average Bonchev–Trinajstić information content (AvgIpc) is 2.40. The highest BCUT2D eigenvalue weighted by Gasteiger charge is 2.53. The Kier molecular flexibility index (Phi) is 3.87. The summed E-state index contributed by atoms with van der Waals surface area (Å²) in [4.78, 5) is 13.8. The molecule has 0 N–H and O–H groups in total. The predicted octanol–water partition coefficient (Wildman–Crippen LogP) is 3.29. The van der Waals surface area contributed by atoms with Crippen LogP contribution < -0.4 is 0 Å². The molecule has 2 atom stereocenters. The Morgan fingerprint density at radius 1 is 1.38 bits per heavy atom. The van der Waals surface area contributed by atoms with Gasteiger partial charge in [-0.1, -0.05) is 34.6 Å². The molecule has 0 radical (unpaired) electrons. The van der Waals surface area contributed by atoms with Crippen molar-refractivity contribution in [3.8, 4) is 0 Å². The summed E-state index contributed by atoms with van der Waals surface area (Å²) in [6, 6.07) is 0.194. The van der Waals surface area contributed by atoms with Gasteiger partial charge in [0.25, 0.3) is 0 Å². The molecule has 1 rings (SSSR count). The largest absolute Gasteiger partial charge is 0.441 e. The maximum atomic E-state index is 11.9. The van der Waals surface area contributed by atoms with E-state index in [2.05, 4.69) is 41.5 Å². The summed E-state index contributed by atoms with van der Waals surface area (Å²) in [5, 5.41) is 0. The van der Waals surface area contributed by atoms with Crippen molar-refractivity contribution in [2.24, 2.45) is 11.8 Å². The molecule has 2 unspecified atom stereocenters. The van der Waals surface area contributed by atoms with E-state index in [1.807, 2.05) is 4.90 Å². The third kappa shape index (κ3) is 2.04. The average molecular weight is 227 g/mol. The van der Waals surface area contributed by atoms with Crippen molar-refractivity contribution in [3.05, 3.63) is 0 Å². The zero-order chi connectivity index (χ0) is 12.5. The van der Waals surface area contributed by atoms with Gasteiger partial charge in [-0.25, -0.2) is 4.79 Å². The quantitative estimate of drug-likeness (QED) is 0.737. The van der Waals surface area contributed by atoms with Gasteiger partial charge in [-0.05, 0) is 25.2 Å². The molecule has 3 heteroatoms. The van der Waals surface area contributed by atoms with E-state index < -0.39 is 0 Å². The SMILES string of the molecule is CCCN1C(=O)OC(C)(C(C)C)C1C(C)C. The fraction of sp³-hybridized carbons (Fsp3) is 0.923. The highest BCUT2D eigenvalue weighted by Crippen LogP contribution is 2.39. The first-order valence-corrected chi connectivity index (χ1v) is 6.34. The Labute approximate surface area is 99.1 Å². The smallest absolute Gasteiger partial charge is 0.410 e. The molecule has 0 aliphatic carbocycles. The first kappa shape index (κ1) is 13.3. The summed E-state index contributed by atoms with van der Waals surface area (Å²) in [6.45, 7) is 13.5. The summed E-state index contributed by atoms with van der Waals surface area (Å²) >= 11 is 0. The van der Waals surface area contributed by atoms with Crippen molar-refractivity contribution in [2.45, 2.75) is 59.6 Å². The van der Waals surface area contributed by atoms with E-state index in [0.29, 0.717) is 11.8 Å². The first-order valence-electron chi connectivity index (χ1n) is 6.34. The Bertz CT molecular complexity index is 263. The lowest BCUT2D eigenvalue weighted by Gasteiger charge is -2.37. The number of amides is 1. The second-order valence-corrected chi connectivity index (χ2v) is 5.59. The van der Waals surface area contributed by atoms with Gasteiger partial charge in [0, 0.05) is 6.54 Å². The lowest BCUT2D eigenvalue weighted by Crippen LogP contribution is -2.50. The van der Waals surface area contributed by atoms with Crippen molar-refractivity contribution in [3.63, 3.8) is 0 Å². The summed E-state index contributed by atoms with van der Waals surface area (Å²) in [5.74, 6) is 0.760. The van der Waals surface area contributed by atoms with Gasteiger partial charge in [0.1, 0.15) is 5.60 Å². The molecule has 94 valence electrons. The maximum Gasteiger partial charge on any atom is 0.410 e. The van der Waals surface area contributed by atoms with Gasteiger partial charge < -0.3 is 9.64 Å². The van der Waals surface area contributed by atoms with Crippen LogP contribution in [0.25, 0.3) is 0 Å². The minimum Gasteiger partial charge on any atom is -0.441 e. The number of carbonyl (C=O) groups is 1. The number of ether oxygens (including phenoxy) is 1. The van der Waals surface area contributed by atoms with Crippen LogP contribution in [0.5, 0.6) is 0 Å². The van der Waals surface area contributed by atoms with Crippen LogP contribution in [0.1, 0.15) is 48.0 Å². The van der Waals surface area contributed by atoms with Crippen LogP contribution in [0, 0.1) is 11.8 Å². The molecule has 0 aromatic heterocycles. The summed E-state index contributed by atoms with van der Waals surface area (Å²) in [6.07, 6.45) is 0.837. The number of carbonyl (C=O) groups excluding carboxylic acids is 1. The number of hydrogen-bond donors (Lipinski definition) is 0. The van der Waals surface area contributed by atoms with Gasteiger partial charge >= 0.3 is 6.09 Å². The van der Waals surface area contributed by atoms with Crippen molar-refractivity contribution in [1.29, 1.82) is 0 Å². The van der Waals surface area contributed by atoms with Crippen LogP contribution in [-0.2, 0) is 4.74 Å². The topological polar surface area (TPSA) is 29.5 Å². The van der Waals surface area contributed by atoms with Crippen LogP contribution in [0.2, 0.25) is 0 Å². The predicted molar refractivity (Wildman–Crippen MR) is 65.3 cm³/mol. The molecule has 0 saturated carbocycles. The number of rotatable bonds is 4. The molecule has 0 spiro atoms. The van der Waals surface area contributed by atoms with Crippen LogP contribution in [-0.4, -0.2) is 29.2 Å². The lowest BCUT2D eigenvalue weighted by atomic mass is 9.79. The molecule has 1 heterocycles. The van der Waals surface area contributed by atoms with Gasteiger partial charge in [0.2, 0.25) is 0 Å². The van der Waals surface area contributed by atoms with E-state index in [4.69, 9.17) is 4.74 Å². The van der Waals surface area contributed by atoms with Crippen LogP contribution in [0.15, 0.2) is 0 Å². The second kappa shape index (κ2) is 4.64. The minimum atomic E-state index is -0.347. The van der Waals surface area contributed by atoms with Gasteiger partial charge in [-0.2, -0.15) is 0 Å². The fourth-order valence-electron chi connectivity index (χ4n) is 2.68. The first-order chi connectivity index (χ1) is 7.34. The van der Waals surface area contributed by atoms with Gasteiger partial charge in [0.05, 0.1) is 6.04 Å². The Morgan fingerprint density at radius 3 is 2.31 bits per heavy atom. The van der Waals surface area contributed by atoms with E-state index >= 15 is 0 Å². The standard InChI is InChI=1S/C13H25NO2/c1-7-8-14-11(9(2)3)13(6,10(4)5)16-12(14)15/h9-11H,7-8H2,1-6H3. The van der Waals surface area contributed by atoms with E-state index in [0.717, 1.165) is 13.0 Å². The highest BCUT2D eigenvalue weighted by molar-refractivity contribution is 5.71. The molecular weight excluding hydrogens is 202 g/mol. The van der Waals surface area contributed by atoms with Crippen LogP contribution in [0.3, 0.4) is 0 Å². The van der Waals surface area contributed by atoms with Gasteiger partial charge in [0.15, 0.2) is 0 Å². The molecule has 1 saturated heterocycles. The van der Waals surface area contributed by atoms with Gasteiger partial charge in [-0.15, -0.1) is 0 Å². The minimum absolute atomic E-state index is 0.142. The number of hydrogen-bond acceptors (Lipinski definition) is 2. The Balaban J connectivity index is 3.01. The van der Waals surface area contributed by atoms with E-state index in [1.165, 1.54) is 0 Å². The fourth-order valence-corrected chi connectivity index (χ4v) is 2.68. The zero-order valence-electron chi connectivity index (χ0n) is 11.4. The highest BCUT2D eigenvalue weighted by atomic mass is 16.6. The summed E-state index contributed by atoms with van der Waals surface area (Å²) in [7, 11) is 0. The van der Waals surface area contributed by atoms with Crippen LogP contribution >= 0.6 is 0 Å². The summed E-state index contributed by atoms with van der Waals surface area (Å²) < 4.78 is 5.64. The van der Waals surface area contributed by atoms with Gasteiger partial charge in [-0.3, -0.25) is 0 Å². The molecule has 0 aromatic carbocycles. The second-order valence-electron chi connectivity index (χ2n) is 5.59. The number of cyclic esters (lactones) is 1. The molecule has 1 amide bonds. The summed E-state index contributed by atoms with van der Waals surface area (Å²) in [5.41, 5.74) is -0.347. The van der Waals surface area contributed by atoms with Crippen molar-refractivity contribution < 1.29 is 9.53 Å². The molecular formula is C13H25NO2. The van der Waals surface area contributed by atoms with E-state index in [-0.39, 0.29) is 17.7 Å². The van der Waals surface area contributed by atoms with E-state index in [1.54, 1.807) is 0 Å². The van der Waals surface area contributed by atoms with E-state index in [9.17, 15) is 4.79 Å². The molecule has 3 nitrogen and oxygen atoms in total. The van der Waals surface area contributed by atoms with Crippen molar-refractivity contribution in [2.75, 3.05) is 6.54 Å². The third-order valence-corrected chi connectivity index (χ3v) is 3.71.